The molecule has 0 fully saturated rings. The first-order chi connectivity index (χ1) is 5.65. The lowest BCUT2D eigenvalue weighted by molar-refractivity contribution is 0.186. The monoisotopic (exact) mass is 293 g/mol. The zero-order valence-corrected chi connectivity index (χ0v) is 9.47. The summed E-state index contributed by atoms with van der Waals surface area (Å²) in [7, 11) is 0. The summed E-state index contributed by atoms with van der Waals surface area (Å²) < 4.78 is 1.89. The zero-order chi connectivity index (χ0) is 9.14. The highest BCUT2D eigenvalue weighted by molar-refractivity contribution is 9.13. The van der Waals surface area contributed by atoms with Crippen LogP contribution >= 0.6 is 31.9 Å². The number of hydrogen-bond donors (Lipinski definition) is 2. The summed E-state index contributed by atoms with van der Waals surface area (Å²) in [5.41, 5.74) is 6.14. The molecule has 0 radical (unpaired) electrons. The molecule has 0 unspecified atom stereocenters. The van der Waals surface area contributed by atoms with Gasteiger partial charge in [0.1, 0.15) is 0 Å². The van der Waals surface area contributed by atoms with E-state index in [2.05, 4.69) is 31.9 Å². The number of rotatable bonds is 2. The van der Waals surface area contributed by atoms with Crippen LogP contribution in [0.25, 0.3) is 0 Å². The van der Waals surface area contributed by atoms with Crippen LogP contribution in [0.3, 0.4) is 0 Å². The second kappa shape index (κ2) is 4.37. The number of benzene rings is 1. The van der Waals surface area contributed by atoms with E-state index in [4.69, 9.17) is 5.73 Å². The fourth-order valence-corrected chi connectivity index (χ4v) is 1.50. The van der Waals surface area contributed by atoms with Crippen LogP contribution < -0.4 is 5.73 Å². The molecule has 2 nitrogen and oxygen atoms in total. The van der Waals surface area contributed by atoms with Crippen molar-refractivity contribution in [1.82, 2.24) is 0 Å². The Morgan fingerprint density at radius 2 is 2.00 bits per heavy atom. The van der Waals surface area contributed by atoms with Crippen molar-refractivity contribution in [2.45, 2.75) is 6.10 Å². The van der Waals surface area contributed by atoms with E-state index in [1.54, 1.807) is 0 Å². The lowest BCUT2D eigenvalue weighted by atomic mass is 10.1. The van der Waals surface area contributed by atoms with Crippen LogP contribution in [0.15, 0.2) is 27.1 Å². The van der Waals surface area contributed by atoms with Gasteiger partial charge in [-0.25, -0.2) is 0 Å². The van der Waals surface area contributed by atoms with Crippen LogP contribution in [-0.2, 0) is 0 Å². The third kappa shape index (κ3) is 2.29. The maximum absolute atomic E-state index is 9.38. The van der Waals surface area contributed by atoms with E-state index in [1.807, 2.05) is 18.2 Å². The molecular formula is C8H9Br2NO. The van der Waals surface area contributed by atoms with Gasteiger partial charge < -0.3 is 10.8 Å². The van der Waals surface area contributed by atoms with E-state index in [9.17, 15) is 5.11 Å². The number of halogens is 2. The van der Waals surface area contributed by atoms with E-state index >= 15 is 0 Å². The molecule has 0 spiro atoms. The highest BCUT2D eigenvalue weighted by atomic mass is 79.9. The SMILES string of the molecule is NC[C@@H](O)c1ccc(Br)c(Br)c1. The predicted molar refractivity (Wildman–Crippen MR) is 55.9 cm³/mol. The average molecular weight is 295 g/mol. The van der Waals surface area contributed by atoms with Crippen molar-refractivity contribution in [2.75, 3.05) is 6.54 Å². The molecule has 0 bridgehead atoms. The first kappa shape index (κ1) is 10.2. The van der Waals surface area contributed by atoms with Crippen LogP contribution in [0.4, 0.5) is 0 Å². The number of nitrogens with two attached hydrogens (primary N) is 1. The smallest absolute Gasteiger partial charge is 0.0912 e. The summed E-state index contributed by atoms with van der Waals surface area (Å²) in [6, 6.07) is 5.56. The van der Waals surface area contributed by atoms with E-state index in [1.165, 1.54) is 0 Å². The molecule has 0 aliphatic rings. The molecule has 4 heteroatoms. The Labute approximate surface area is 88.0 Å². The Hall–Kier alpha value is 0.1000. The summed E-state index contributed by atoms with van der Waals surface area (Å²) >= 11 is 6.69. The maximum atomic E-state index is 9.38. The van der Waals surface area contributed by atoms with Gasteiger partial charge in [-0.2, -0.15) is 0 Å². The quantitative estimate of drug-likeness (QED) is 0.878. The summed E-state index contributed by atoms with van der Waals surface area (Å²) in [6.07, 6.45) is -0.575. The van der Waals surface area contributed by atoms with Crippen LogP contribution in [0.2, 0.25) is 0 Å². The Balaban J connectivity index is 2.96. The molecule has 3 N–H and O–H groups in total. The third-order valence-electron chi connectivity index (χ3n) is 1.55. The van der Waals surface area contributed by atoms with Gasteiger partial charge in [0, 0.05) is 15.5 Å². The fraction of sp³-hybridized carbons (Fsp3) is 0.250. The summed E-state index contributed by atoms with van der Waals surface area (Å²) in [4.78, 5) is 0. The van der Waals surface area contributed by atoms with Gasteiger partial charge in [0.05, 0.1) is 6.10 Å². The molecule has 0 aliphatic carbocycles. The zero-order valence-electron chi connectivity index (χ0n) is 6.30. The van der Waals surface area contributed by atoms with Gasteiger partial charge in [0.2, 0.25) is 0 Å². The van der Waals surface area contributed by atoms with Gasteiger partial charge in [0.15, 0.2) is 0 Å². The number of aliphatic hydroxyl groups is 1. The summed E-state index contributed by atoms with van der Waals surface area (Å²) in [6.45, 7) is 0.244. The van der Waals surface area contributed by atoms with Crippen molar-refractivity contribution in [3.8, 4) is 0 Å². The Bertz CT molecular complexity index is 278. The standard InChI is InChI=1S/C8H9Br2NO/c9-6-2-1-5(3-7(6)10)8(12)4-11/h1-3,8,12H,4,11H2/t8-/m1/s1. The molecule has 66 valence electrons. The minimum absolute atomic E-state index is 0.244. The molecule has 1 rings (SSSR count). The van der Waals surface area contributed by atoms with E-state index < -0.39 is 6.10 Å². The first-order valence-corrected chi connectivity index (χ1v) is 5.07. The van der Waals surface area contributed by atoms with Crippen molar-refractivity contribution in [3.05, 3.63) is 32.7 Å². The minimum atomic E-state index is -0.575. The van der Waals surface area contributed by atoms with Gasteiger partial charge in [-0.05, 0) is 49.6 Å². The van der Waals surface area contributed by atoms with E-state index in [-0.39, 0.29) is 6.54 Å². The van der Waals surface area contributed by atoms with Crippen molar-refractivity contribution in [3.63, 3.8) is 0 Å². The van der Waals surface area contributed by atoms with Gasteiger partial charge in [-0.3, -0.25) is 0 Å². The lowest BCUT2D eigenvalue weighted by Gasteiger charge is -2.08. The molecular weight excluding hydrogens is 286 g/mol. The molecule has 0 saturated heterocycles. The Morgan fingerprint density at radius 1 is 1.33 bits per heavy atom. The second-order valence-corrected chi connectivity index (χ2v) is 4.13. The molecule has 1 aromatic rings. The molecule has 0 saturated carbocycles. The lowest BCUT2D eigenvalue weighted by Crippen LogP contribution is -2.11. The van der Waals surface area contributed by atoms with Crippen molar-refractivity contribution in [2.24, 2.45) is 5.73 Å². The average Bonchev–Trinajstić information content (AvgIpc) is 2.08. The number of hydrogen-bond acceptors (Lipinski definition) is 2. The van der Waals surface area contributed by atoms with Crippen molar-refractivity contribution in [1.29, 1.82) is 0 Å². The van der Waals surface area contributed by atoms with Gasteiger partial charge in [-0.1, -0.05) is 6.07 Å². The predicted octanol–water partition coefficient (Wildman–Crippen LogP) is 2.20. The molecule has 0 aliphatic heterocycles. The van der Waals surface area contributed by atoms with Crippen molar-refractivity contribution >= 4 is 31.9 Å². The fourth-order valence-electron chi connectivity index (χ4n) is 0.856. The van der Waals surface area contributed by atoms with Crippen LogP contribution in [0.5, 0.6) is 0 Å². The topological polar surface area (TPSA) is 46.2 Å². The summed E-state index contributed by atoms with van der Waals surface area (Å²) in [5, 5.41) is 9.38. The normalized spacial score (nSPS) is 13.0. The van der Waals surface area contributed by atoms with Crippen molar-refractivity contribution < 1.29 is 5.11 Å². The van der Waals surface area contributed by atoms with Gasteiger partial charge in [-0.15, -0.1) is 0 Å². The largest absolute Gasteiger partial charge is 0.387 e. The van der Waals surface area contributed by atoms with Crippen LogP contribution in [0, 0.1) is 0 Å². The summed E-state index contributed by atoms with van der Waals surface area (Å²) in [5.74, 6) is 0. The Kier molecular flexibility index (Phi) is 3.71. The van der Waals surface area contributed by atoms with Gasteiger partial charge in [0.25, 0.3) is 0 Å². The first-order valence-electron chi connectivity index (χ1n) is 3.48. The van der Waals surface area contributed by atoms with E-state index in [0.29, 0.717) is 0 Å². The Morgan fingerprint density at radius 3 is 2.50 bits per heavy atom. The highest BCUT2D eigenvalue weighted by Gasteiger charge is 2.06. The molecule has 0 amide bonds. The molecule has 1 aromatic carbocycles. The molecule has 0 aromatic heterocycles. The molecule has 12 heavy (non-hydrogen) atoms. The molecule has 1 atom stereocenters. The van der Waals surface area contributed by atoms with Crippen LogP contribution in [0.1, 0.15) is 11.7 Å². The number of aliphatic hydroxyl groups excluding tert-OH is 1. The van der Waals surface area contributed by atoms with Gasteiger partial charge >= 0.3 is 0 Å². The maximum Gasteiger partial charge on any atom is 0.0912 e. The molecule has 0 heterocycles. The highest BCUT2D eigenvalue weighted by Crippen LogP contribution is 2.26. The van der Waals surface area contributed by atoms with Crippen LogP contribution in [-0.4, -0.2) is 11.7 Å². The second-order valence-electron chi connectivity index (χ2n) is 2.43. The minimum Gasteiger partial charge on any atom is -0.387 e. The third-order valence-corrected chi connectivity index (χ3v) is 3.43. The van der Waals surface area contributed by atoms with E-state index in [0.717, 1.165) is 14.5 Å².